The first kappa shape index (κ1) is 16.0. The summed E-state index contributed by atoms with van der Waals surface area (Å²) in [6.45, 7) is 9.05. The van der Waals surface area contributed by atoms with E-state index in [4.69, 9.17) is 5.11 Å². The van der Waals surface area contributed by atoms with Gasteiger partial charge in [-0.25, -0.2) is 9.59 Å². The van der Waals surface area contributed by atoms with Crippen molar-refractivity contribution in [1.29, 1.82) is 0 Å². The summed E-state index contributed by atoms with van der Waals surface area (Å²) in [5, 5.41) is 14.3. The number of hydrogen-bond donors (Lipinski definition) is 3. The molecule has 0 aliphatic heterocycles. The second-order valence-electron chi connectivity index (χ2n) is 5.98. The van der Waals surface area contributed by atoms with Crippen LogP contribution in [0.5, 0.6) is 0 Å². The smallest absolute Gasteiger partial charge is 0.335 e. The summed E-state index contributed by atoms with van der Waals surface area (Å²) >= 11 is 0. The van der Waals surface area contributed by atoms with Gasteiger partial charge in [-0.15, -0.1) is 0 Å². The van der Waals surface area contributed by atoms with Crippen molar-refractivity contribution in [2.75, 3.05) is 11.9 Å². The van der Waals surface area contributed by atoms with Crippen LogP contribution in [0.15, 0.2) is 24.3 Å². The molecule has 0 radical (unpaired) electrons. The largest absolute Gasteiger partial charge is 0.478 e. The van der Waals surface area contributed by atoms with Crippen molar-refractivity contribution >= 4 is 17.7 Å². The van der Waals surface area contributed by atoms with Gasteiger partial charge >= 0.3 is 12.0 Å². The number of hydrogen-bond acceptors (Lipinski definition) is 2. The van der Waals surface area contributed by atoms with Crippen molar-refractivity contribution in [2.45, 2.75) is 27.7 Å². The van der Waals surface area contributed by atoms with Crippen molar-refractivity contribution in [3.63, 3.8) is 0 Å². The number of nitrogens with one attached hydrogen (secondary N) is 2. The van der Waals surface area contributed by atoms with E-state index < -0.39 is 5.97 Å². The highest BCUT2D eigenvalue weighted by Crippen LogP contribution is 2.24. The van der Waals surface area contributed by atoms with Crippen LogP contribution in [0.4, 0.5) is 10.5 Å². The highest BCUT2D eigenvalue weighted by molar-refractivity contribution is 5.91. The number of rotatable bonds is 4. The molecule has 3 N–H and O–H groups in total. The number of carboxylic acid groups (broad SMARTS) is 1. The molecule has 0 heterocycles. The maximum absolute atomic E-state index is 11.7. The number of amides is 2. The molecule has 0 aliphatic rings. The highest BCUT2D eigenvalue weighted by atomic mass is 16.4. The van der Waals surface area contributed by atoms with Gasteiger partial charge in [0.1, 0.15) is 0 Å². The molecule has 1 aromatic rings. The zero-order chi connectivity index (χ0) is 15.3. The number of benzene rings is 1. The Morgan fingerprint density at radius 1 is 1.20 bits per heavy atom. The van der Waals surface area contributed by atoms with Gasteiger partial charge in [-0.2, -0.15) is 0 Å². The van der Waals surface area contributed by atoms with E-state index in [9.17, 15) is 9.59 Å². The molecule has 0 spiro atoms. The van der Waals surface area contributed by atoms with E-state index in [0.717, 1.165) is 0 Å². The summed E-state index contributed by atoms with van der Waals surface area (Å²) in [6, 6.07) is 5.75. The molecule has 0 saturated heterocycles. The molecular weight excluding hydrogens is 256 g/mol. The van der Waals surface area contributed by atoms with Crippen LogP contribution < -0.4 is 10.6 Å². The Hall–Kier alpha value is -2.04. The van der Waals surface area contributed by atoms with Crippen LogP contribution in [-0.2, 0) is 0 Å². The summed E-state index contributed by atoms with van der Waals surface area (Å²) in [6.07, 6.45) is 0. The highest BCUT2D eigenvalue weighted by Gasteiger charge is 2.20. The van der Waals surface area contributed by atoms with Gasteiger partial charge in [0.15, 0.2) is 0 Å². The van der Waals surface area contributed by atoms with E-state index >= 15 is 0 Å². The first-order valence-corrected chi connectivity index (χ1v) is 6.58. The lowest BCUT2D eigenvalue weighted by molar-refractivity contribution is 0.0697. The first-order chi connectivity index (χ1) is 9.20. The van der Waals surface area contributed by atoms with E-state index in [1.165, 1.54) is 12.1 Å². The van der Waals surface area contributed by atoms with Gasteiger partial charge in [0.2, 0.25) is 0 Å². The molecule has 0 aromatic heterocycles. The number of carbonyl (C=O) groups is 2. The molecule has 1 unspecified atom stereocenters. The predicted octanol–water partition coefficient (Wildman–Crippen LogP) is 3.19. The number of carbonyl (C=O) groups excluding carboxylic acids is 1. The minimum absolute atomic E-state index is 0.135. The average Bonchev–Trinajstić information content (AvgIpc) is 2.35. The lowest BCUT2D eigenvalue weighted by atomic mass is 9.82. The third-order valence-corrected chi connectivity index (χ3v) is 3.44. The summed E-state index contributed by atoms with van der Waals surface area (Å²) in [4.78, 5) is 22.4. The molecule has 0 fully saturated rings. The van der Waals surface area contributed by atoms with Crippen LogP contribution in [-0.4, -0.2) is 23.7 Å². The topological polar surface area (TPSA) is 78.4 Å². The SMILES string of the molecule is CC(CNC(=O)Nc1ccc(C(=O)O)cc1)C(C)(C)C. The van der Waals surface area contributed by atoms with Crippen molar-refractivity contribution in [2.24, 2.45) is 11.3 Å². The standard InChI is InChI=1S/C15H22N2O3/c1-10(15(2,3)4)9-16-14(20)17-12-7-5-11(6-8-12)13(18)19/h5-8,10H,9H2,1-4H3,(H,18,19)(H2,16,17,20). The van der Waals surface area contributed by atoms with Crippen molar-refractivity contribution in [3.8, 4) is 0 Å². The predicted molar refractivity (Wildman–Crippen MR) is 79.0 cm³/mol. The van der Waals surface area contributed by atoms with Gasteiger partial charge in [0.05, 0.1) is 5.56 Å². The van der Waals surface area contributed by atoms with E-state index in [1.54, 1.807) is 12.1 Å². The molecule has 5 heteroatoms. The fraction of sp³-hybridized carbons (Fsp3) is 0.467. The minimum atomic E-state index is -0.986. The van der Waals surface area contributed by atoms with E-state index in [1.807, 2.05) is 0 Å². The van der Waals surface area contributed by atoms with E-state index in [0.29, 0.717) is 18.2 Å². The Morgan fingerprint density at radius 2 is 1.75 bits per heavy atom. The molecule has 0 aliphatic carbocycles. The lowest BCUT2D eigenvalue weighted by Crippen LogP contribution is -2.36. The maximum Gasteiger partial charge on any atom is 0.335 e. The molecule has 1 rings (SSSR count). The van der Waals surface area contributed by atoms with Crippen molar-refractivity contribution in [1.82, 2.24) is 5.32 Å². The molecular formula is C15H22N2O3. The average molecular weight is 278 g/mol. The van der Waals surface area contributed by atoms with Crippen LogP contribution in [0.1, 0.15) is 38.1 Å². The third-order valence-electron chi connectivity index (χ3n) is 3.44. The maximum atomic E-state index is 11.7. The van der Waals surface area contributed by atoms with E-state index in [-0.39, 0.29) is 17.0 Å². The Labute approximate surface area is 119 Å². The van der Waals surface area contributed by atoms with Gasteiger partial charge in [-0.05, 0) is 35.6 Å². The van der Waals surface area contributed by atoms with Crippen LogP contribution >= 0.6 is 0 Å². The molecule has 2 amide bonds. The third kappa shape index (κ3) is 4.91. The second-order valence-corrected chi connectivity index (χ2v) is 5.98. The van der Waals surface area contributed by atoms with Crippen LogP contribution in [0, 0.1) is 11.3 Å². The minimum Gasteiger partial charge on any atom is -0.478 e. The molecule has 20 heavy (non-hydrogen) atoms. The lowest BCUT2D eigenvalue weighted by Gasteiger charge is -2.27. The first-order valence-electron chi connectivity index (χ1n) is 6.58. The van der Waals surface area contributed by atoms with Crippen molar-refractivity contribution < 1.29 is 14.7 Å². The van der Waals surface area contributed by atoms with Gasteiger partial charge in [-0.3, -0.25) is 0 Å². The van der Waals surface area contributed by atoms with Gasteiger partial charge in [0, 0.05) is 12.2 Å². The molecule has 110 valence electrons. The summed E-state index contributed by atoms with van der Waals surface area (Å²) < 4.78 is 0. The van der Waals surface area contributed by atoms with Gasteiger partial charge in [-0.1, -0.05) is 27.7 Å². The Bertz CT molecular complexity index is 475. The number of anilines is 1. The quantitative estimate of drug-likeness (QED) is 0.791. The monoisotopic (exact) mass is 278 g/mol. The molecule has 1 aromatic carbocycles. The normalized spacial score (nSPS) is 12.6. The molecule has 1 atom stereocenters. The van der Waals surface area contributed by atoms with Crippen LogP contribution in [0.2, 0.25) is 0 Å². The Balaban J connectivity index is 2.48. The Kier molecular flexibility index (Phi) is 5.13. The van der Waals surface area contributed by atoms with E-state index in [2.05, 4.69) is 38.3 Å². The van der Waals surface area contributed by atoms with Crippen LogP contribution in [0.3, 0.4) is 0 Å². The number of carboxylic acids is 1. The fourth-order valence-corrected chi connectivity index (χ4v) is 1.42. The zero-order valence-corrected chi connectivity index (χ0v) is 12.4. The van der Waals surface area contributed by atoms with Crippen LogP contribution in [0.25, 0.3) is 0 Å². The van der Waals surface area contributed by atoms with Gasteiger partial charge in [0.25, 0.3) is 0 Å². The molecule has 0 bridgehead atoms. The van der Waals surface area contributed by atoms with Crippen molar-refractivity contribution in [3.05, 3.63) is 29.8 Å². The van der Waals surface area contributed by atoms with Gasteiger partial charge < -0.3 is 15.7 Å². The second kappa shape index (κ2) is 6.41. The summed E-state index contributed by atoms with van der Waals surface area (Å²) in [7, 11) is 0. The molecule has 0 saturated carbocycles. The number of urea groups is 1. The Morgan fingerprint density at radius 3 is 2.20 bits per heavy atom. The molecule has 5 nitrogen and oxygen atoms in total. The zero-order valence-electron chi connectivity index (χ0n) is 12.4. The summed E-state index contributed by atoms with van der Waals surface area (Å²) in [5.41, 5.74) is 0.893. The number of aromatic carboxylic acids is 1. The fourth-order valence-electron chi connectivity index (χ4n) is 1.42. The summed E-state index contributed by atoms with van der Waals surface area (Å²) in [5.74, 6) is -0.636.